The Bertz CT molecular complexity index is 981. The summed E-state index contributed by atoms with van der Waals surface area (Å²) in [6.45, 7) is 5.11. The van der Waals surface area contributed by atoms with Crippen LogP contribution < -0.4 is 26.2 Å². The third-order valence-electron chi connectivity index (χ3n) is 6.30. The first-order valence-electron chi connectivity index (χ1n) is 11.5. The fourth-order valence-electron chi connectivity index (χ4n) is 4.44. The van der Waals surface area contributed by atoms with Crippen LogP contribution in [-0.2, 0) is 4.79 Å². The van der Waals surface area contributed by atoms with Crippen LogP contribution in [0.2, 0.25) is 5.02 Å². The van der Waals surface area contributed by atoms with Gasteiger partial charge in [-0.2, -0.15) is 0 Å². The number of nitrogens with one attached hydrogen (secondary N) is 2. The molecule has 2 aliphatic heterocycles. The molecule has 3 heterocycles. The molecule has 0 unspecified atom stereocenters. The lowest BCUT2D eigenvalue weighted by molar-refractivity contribution is -0.130. The number of nitrogens with two attached hydrogens (primary N) is 1. The van der Waals surface area contributed by atoms with Crippen molar-refractivity contribution in [3.63, 3.8) is 0 Å². The minimum absolute atomic E-state index is 0.0262. The highest BCUT2D eigenvalue weighted by Gasteiger charge is 2.22. The number of pyridine rings is 1. The number of hydrogen-bond donors (Lipinski definition) is 3. The number of nitrogens with zero attached hydrogens (tertiary/aromatic N) is 4. The Hall–Kier alpha value is -3.13. The second-order valence-electron chi connectivity index (χ2n) is 8.33. The molecule has 0 radical (unpaired) electrons. The molecule has 2 saturated heterocycles. The van der Waals surface area contributed by atoms with Crippen LogP contribution in [-0.4, -0.2) is 68.7 Å². The summed E-state index contributed by atoms with van der Waals surface area (Å²) in [5.41, 5.74) is 10.3. The maximum absolute atomic E-state index is 12.8. The Balaban J connectivity index is 1.31. The summed E-state index contributed by atoms with van der Waals surface area (Å²) in [5, 5.41) is 6.90. The van der Waals surface area contributed by atoms with Crippen molar-refractivity contribution in [1.82, 2.24) is 20.5 Å². The first-order valence-corrected chi connectivity index (χ1v) is 11.8. The fourth-order valence-corrected chi connectivity index (χ4v) is 4.68. The van der Waals surface area contributed by atoms with E-state index in [2.05, 4.69) is 49.7 Å². The molecular formula is C24H32ClN7O. The van der Waals surface area contributed by atoms with Gasteiger partial charge in [-0.15, -0.1) is 0 Å². The molecule has 2 aromatic rings. The zero-order valence-electron chi connectivity index (χ0n) is 19.1. The largest absolute Gasteiger partial charge is 0.385 e. The van der Waals surface area contributed by atoms with Crippen molar-refractivity contribution < 1.29 is 4.79 Å². The third kappa shape index (κ3) is 5.45. The van der Waals surface area contributed by atoms with Gasteiger partial charge in [0, 0.05) is 70.0 Å². The van der Waals surface area contributed by atoms with Crippen LogP contribution in [0.5, 0.6) is 0 Å². The summed E-state index contributed by atoms with van der Waals surface area (Å²) in [5.74, 6) is 0.486. The van der Waals surface area contributed by atoms with Crippen LogP contribution in [0, 0.1) is 0 Å². The van der Waals surface area contributed by atoms with Crippen molar-refractivity contribution >= 4 is 34.6 Å². The lowest BCUT2D eigenvalue weighted by atomic mass is 10.1. The Morgan fingerprint density at radius 2 is 1.73 bits per heavy atom. The number of carbonyl (C=O) groups excluding carboxylic acids is 1. The van der Waals surface area contributed by atoms with E-state index in [0.717, 1.165) is 43.1 Å². The molecule has 0 bridgehead atoms. The first kappa shape index (κ1) is 23.0. The van der Waals surface area contributed by atoms with Crippen LogP contribution in [0.25, 0.3) is 5.70 Å². The maximum Gasteiger partial charge on any atom is 0.242 e. The zero-order valence-corrected chi connectivity index (χ0v) is 19.8. The van der Waals surface area contributed by atoms with Gasteiger partial charge in [0.05, 0.1) is 23.0 Å². The molecule has 8 nitrogen and oxygen atoms in total. The molecule has 0 aliphatic carbocycles. The average Bonchev–Trinajstić information content (AvgIpc) is 3.39. The van der Waals surface area contributed by atoms with E-state index in [-0.39, 0.29) is 12.5 Å². The Morgan fingerprint density at radius 3 is 2.36 bits per heavy atom. The topological polar surface area (TPSA) is 89.8 Å². The Morgan fingerprint density at radius 1 is 1.03 bits per heavy atom. The summed E-state index contributed by atoms with van der Waals surface area (Å²) in [6, 6.07) is 10.3. The summed E-state index contributed by atoms with van der Waals surface area (Å²) in [4.78, 5) is 23.2. The quantitative estimate of drug-likeness (QED) is 0.572. The van der Waals surface area contributed by atoms with Crippen molar-refractivity contribution in [3.8, 4) is 0 Å². The molecule has 4 rings (SSSR count). The number of halogens is 1. The van der Waals surface area contributed by atoms with E-state index in [0.29, 0.717) is 23.9 Å². The molecular weight excluding hydrogens is 438 g/mol. The van der Waals surface area contributed by atoms with Gasteiger partial charge in [0.15, 0.2) is 0 Å². The molecule has 0 saturated carbocycles. The van der Waals surface area contributed by atoms with E-state index in [1.807, 2.05) is 18.0 Å². The van der Waals surface area contributed by atoms with E-state index >= 15 is 0 Å². The molecule has 0 atom stereocenters. The highest BCUT2D eigenvalue weighted by atomic mass is 35.5. The SMILES string of the molecule is CN/C(=C(\N)NCC(=O)N1CCN(c2ccncc2Cl)CC1)c1ccc(N2CCCC2)cc1. The minimum Gasteiger partial charge on any atom is -0.385 e. The number of aromatic nitrogens is 1. The van der Waals surface area contributed by atoms with Crippen molar-refractivity contribution in [3.05, 3.63) is 59.1 Å². The number of rotatable bonds is 7. The van der Waals surface area contributed by atoms with Crippen LogP contribution >= 0.6 is 11.6 Å². The Labute approximate surface area is 200 Å². The summed E-state index contributed by atoms with van der Waals surface area (Å²) in [7, 11) is 1.84. The van der Waals surface area contributed by atoms with Crippen LogP contribution in [0.15, 0.2) is 48.5 Å². The standard InChI is InChI=1S/C24H32ClN7O/c1-27-23(18-4-6-19(7-5-18)30-10-2-3-11-30)24(26)29-17-22(33)32-14-12-31(13-15-32)21-8-9-28-16-20(21)25/h4-9,16,27,29H,2-3,10-15,17,26H2,1H3/b24-23+. The predicted molar refractivity (Wildman–Crippen MR) is 134 cm³/mol. The molecule has 176 valence electrons. The molecule has 0 spiro atoms. The minimum atomic E-state index is 0.0262. The van der Waals surface area contributed by atoms with E-state index in [1.165, 1.54) is 18.5 Å². The van der Waals surface area contributed by atoms with Crippen LogP contribution in [0.4, 0.5) is 11.4 Å². The fraction of sp³-hybridized carbons (Fsp3) is 0.417. The number of amides is 1. The lowest BCUT2D eigenvalue weighted by Gasteiger charge is -2.36. The van der Waals surface area contributed by atoms with Gasteiger partial charge in [-0.1, -0.05) is 23.7 Å². The second kappa shape index (κ2) is 10.7. The van der Waals surface area contributed by atoms with Gasteiger partial charge >= 0.3 is 0 Å². The number of benzene rings is 1. The first-order chi connectivity index (χ1) is 16.1. The van der Waals surface area contributed by atoms with Crippen molar-refractivity contribution in [2.75, 3.05) is 62.7 Å². The molecule has 4 N–H and O–H groups in total. The van der Waals surface area contributed by atoms with E-state index in [1.54, 1.807) is 12.4 Å². The molecule has 2 aliphatic rings. The highest BCUT2D eigenvalue weighted by Crippen LogP contribution is 2.25. The summed E-state index contributed by atoms with van der Waals surface area (Å²) >= 11 is 6.25. The number of anilines is 2. The van der Waals surface area contributed by atoms with E-state index < -0.39 is 0 Å². The number of piperazine rings is 1. The normalized spacial score (nSPS) is 17.1. The van der Waals surface area contributed by atoms with Crippen LogP contribution in [0.3, 0.4) is 0 Å². The predicted octanol–water partition coefficient (Wildman–Crippen LogP) is 2.08. The average molecular weight is 470 g/mol. The van der Waals surface area contributed by atoms with Gasteiger partial charge in [0.25, 0.3) is 0 Å². The van der Waals surface area contributed by atoms with Gasteiger partial charge in [0.1, 0.15) is 5.82 Å². The maximum atomic E-state index is 12.8. The summed E-state index contributed by atoms with van der Waals surface area (Å²) in [6.07, 6.45) is 5.88. The van der Waals surface area contributed by atoms with Gasteiger partial charge < -0.3 is 31.1 Å². The molecule has 33 heavy (non-hydrogen) atoms. The highest BCUT2D eigenvalue weighted by molar-refractivity contribution is 6.33. The molecule has 2 fully saturated rings. The Kier molecular flexibility index (Phi) is 7.44. The van der Waals surface area contributed by atoms with Gasteiger partial charge in [-0.3, -0.25) is 9.78 Å². The summed E-state index contributed by atoms with van der Waals surface area (Å²) < 4.78 is 0. The monoisotopic (exact) mass is 469 g/mol. The molecule has 1 amide bonds. The van der Waals surface area contributed by atoms with Gasteiger partial charge in [-0.25, -0.2) is 0 Å². The number of hydrogen-bond acceptors (Lipinski definition) is 7. The van der Waals surface area contributed by atoms with Crippen molar-refractivity contribution in [2.45, 2.75) is 12.8 Å². The zero-order chi connectivity index (χ0) is 23.2. The van der Waals surface area contributed by atoms with Gasteiger partial charge in [-0.05, 0) is 31.0 Å². The second-order valence-corrected chi connectivity index (χ2v) is 8.74. The van der Waals surface area contributed by atoms with Gasteiger partial charge in [0.2, 0.25) is 5.91 Å². The van der Waals surface area contributed by atoms with Crippen LogP contribution in [0.1, 0.15) is 18.4 Å². The number of carbonyl (C=O) groups is 1. The molecule has 1 aromatic carbocycles. The lowest BCUT2D eigenvalue weighted by Crippen LogP contribution is -2.51. The third-order valence-corrected chi connectivity index (χ3v) is 6.59. The smallest absolute Gasteiger partial charge is 0.242 e. The van der Waals surface area contributed by atoms with Crippen molar-refractivity contribution in [1.29, 1.82) is 0 Å². The van der Waals surface area contributed by atoms with E-state index in [4.69, 9.17) is 17.3 Å². The van der Waals surface area contributed by atoms with Crippen molar-refractivity contribution in [2.24, 2.45) is 5.73 Å². The van der Waals surface area contributed by atoms with E-state index in [9.17, 15) is 4.79 Å². The molecule has 1 aromatic heterocycles. The molecule has 9 heteroatoms.